The van der Waals surface area contributed by atoms with E-state index in [1.165, 1.54) is 20.3 Å². The Morgan fingerprint density at radius 2 is 1.77 bits per heavy atom. The highest BCUT2D eigenvalue weighted by Crippen LogP contribution is 2.41. The molecule has 1 aromatic carbocycles. The molecule has 1 aromatic rings. The first kappa shape index (κ1) is 18.0. The van der Waals surface area contributed by atoms with Crippen molar-refractivity contribution in [1.29, 1.82) is 0 Å². The van der Waals surface area contributed by atoms with Gasteiger partial charge in [0.05, 0.1) is 26.2 Å². The number of carboxylic acids is 1. The minimum Gasteiger partial charge on any atom is -0.504 e. The number of aromatic hydroxyl groups is 1. The molecule has 0 saturated heterocycles. The van der Waals surface area contributed by atoms with Crippen molar-refractivity contribution < 1.29 is 39.8 Å². The molecule has 2 unspecified atom stereocenters. The summed E-state index contributed by atoms with van der Waals surface area (Å²) in [7, 11) is 2.65. The maximum absolute atomic E-state index is 11.3. The maximum Gasteiger partial charge on any atom is 0.309 e. The van der Waals surface area contributed by atoms with Crippen LogP contribution < -0.4 is 9.47 Å². The number of benzene rings is 1. The summed E-state index contributed by atoms with van der Waals surface area (Å²) < 4.78 is 9.97. The van der Waals surface area contributed by atoms with Crippen molar-refractivity contribution in [3.63, 3.8) is 0 Å². The van der Waals surface area contributed by atoms with E-state index in [9.17, 15) is 20.1 Å². The highest BCUT2D eigenvalue weighted by Gasteiger charge is 2.35. The monoisotopic (exact) mass is 316 g/mol. The molecular formula is C14H20O8. The molecule has 1 rings (SSSR count). The second kappa shape index (κ2) is 7.83. The molecule has 0 aliphatic carbocycles. The zero-order valence-electron chi connectivity index (χ0n) is 12.3. The predicted octanol–water partition coefficient (Wildman–Crippen LogP) is -0.256. The fourth-order valence-corrected chi connectivity index (χ4v) is 2.22. The highest BCUT2D eigenvalue weighted by molar-refractivity contribution is 5.71. The quantitative estimate of drug-likeness (QED) is 0.442. The lowest BCUT2D eigenvalue weighted by Gasteiger charge is -2.26. The third-order valence-corrected chi connectivity index (χ3v) is 3.43. The SMILES string of the molecule is COc1cc(C(O)C(C(=O)O)C(CO)CO)cc(O)c1OC. The van der Waals surface area contributed by atoms with E-state index in [1.807, 2.05) is 0 Å². The van der Waals surface area contributed by atoms with E-state index in [0.29, 0.717) is 0 Å². The summed E-state index contributed by atoms with van der Waals surface area (Å²) in [5.74, 6) is -4.05. The van der Waals surface area contributed by atoms with Crippen LogP contribution in [0.2, 0.25) is 0 Å². The molecule has 0 radical (unpaired) electrons. The van der Waals surface area contributed by atoms with E-state index >= 15 is 0 Å². The first-order chi connectivity index (χ1) is 10.4. The fraction of sp³-hybridized carbons (Fsp3) is 0.500. The van der Waals surface area contributed by atoms with Crippen LogP contribution in [0.15, 0.2) is 12.1 Å². The highest BCUT2D eigenvalue weighted by atomic mass is 16.5. The van der Waals surface area contributed by atoms with Gasteiger partial charge in [-0.1, -0.05) is 0 Å². The number of hydrogen-bond donors (Lipinski definition) is 5. The Hall–Kier alpha value is -2.03. The fourth-order valence-electron chi connectivity index (χ4n) is 2.22. The van der Waals surface area contributed by atoms with E-state index < -0.39 is 37.1 Å². The Kier molecular flexibility index (Phi) is 6.41. The Morgan fingerprint density at radius 3 is 2.18 bits per heavy atom. The smallest absolute Gasteiger partial charge is 0.309 e. The summed E-state index contributed by atoms with van der Waals surface area (Å²) in [5.41, 5.74) is 0.0643. The summed E-state index contributed by atoms with van der Waals surface area (Å²) in [6.45, 7) is -1.21. The van der Waals surface area contributed by atoms with Crippen LogP contribution in [0, 0.1) is 11.8 Å². The second-order valence-electron chi connectivity index (χ2n) is 4.71. The van der Waals surface area contributed by atoms with Gasteiger partial charge >= 0.3 is 5.97 Å². The zero-order valence-corrected chi connectivity index (χ0v) is 12.3. The summed E-state index contributed by atoms with van der Waals surface area (Å²) in [5, 5.41) is 47.7. The van der Waals surface area contributed by atoms with Gasteiger partial charge in [-0.25, -0.2) is 0 Å². The van der Waals surface area contributed by atoms with Crippen molar-refractivity contribution in [3.05, 3.63) is 17.7 Å². The van der Waals surface area contributed by atoms with Gasteiger partial charge in [-0.05, 0) is 17.7 Å². The minimum absolute atomic E-state index is 0.0474. The Bertz CT molecular complexity index is 512. The summed E-state index contributed by atoms with van der Waals surface area (Å²) >= 11 is 0. The van der Waals surface area contributed by atoms with Crippen LogP contribution in [0.1, 0.15) is 11.7 Å². The molecule has 0 aromatic heterocycles. The number of methoxy groups -OCH3 is 2. The van der Waals surface area contributed by atoms with Gasteiger partial charge in [-0.2, -0.15) is 0 Å². The third kappa shape index (κ3) is 3.59. The Labute approximate surface area is 127 Å². The lowest BCUT2D eigenvalue weighted by molar-refractivity contribution is -0.151. The summed E-state index contributed by atoms with van der Waals surface area (Å²) in [6.07, 6.45) is -1.56. The van der Waals surface area contributed by atoms with Crippen LogP contribution in [0.3, 0.4) is 0 Å². The third-order valence-electron chi connectivity index (χ3n) is 3.43. The molecule has 0 aliphatic rings. The predicted molar refractivity (Wildman–Crippen MR) is 75.0 cm³/mol. The number of phenols is 1. The number of rotatable bonds is 8. The molecule has 124 valence electrons. The average Bonchev–Trinajstić information content (AvgIpc) is 2.50. The second-order valence-corrected chi connectivity index (χ2v) is 4.71. The van der Waals surface area contributed by atoms with Crippen LogP contribution in [0.5, 0.6) is 17.2 Å². The van der Waals surface area contributed by atoms with Crippen molar-refractivity contribution >= 4 is 5.97 Å². The summed E-state index contributed by atoms with van der Waals surface area (Å²) in [6, 6.07) is 2.47. The largest absolute Gasteiger partial charge is 0.504 e. The average molecular weight is 316 g/mol. The summed E-state index contributed by atoms with van der Waals surface area (Å²) in [4.78, 5) is 11.3. The van der Waals surface area contributed by atoms with Crippen molar-refractivity contribution in [1.82, 2.24) is 0 Å². The van der Waals surface area contributed by atoms with Gasteiger partial charge in [0.15, 0.2) is 11.5 Å². The number of carbonyl (C=O) groups is 1. The van der Waals surface area contributed by atoms with Gasteiger partial charge in [-0.3, -0.25) is 4.79 Å². The molecule has 0 saturated carbocycles. The number of ether oxygens (including phenoxy) is 2. The van der Waals surface area contributed by atoms with Crippen LogP contribution >= 0.6 is 0 Å². The number of carboxylic acid groups (broad SMARTS) is 1. The minimum atomic E-state index is -1.56. The number of aliphatic carboxylic acids is 1. The molecule has 8 nitrogen and oxygen atoms in total. The number of hydrogen-bond acceptors (Lipinski definition) is 7. The Morgan fingerprint density at radius 1 is 1.18 bits per heavy atom. The van der Waals surface area contributed by atoms with E-state index in [1.54, 1.807) is 0 Å². The molecule has 0 spiro atoms. The van der Waals surface area contributed by atoms with Crippen molar-refractivity contribution in [2.75, 3.05) is 27.4 Å². The maximum atomic E-state index is 11.3. The molecular weight excluding hydrogens is 296 g/mol. The van der Waals surface area contributed by atoms with E-state index in [4.69, 9.17) is 19.7 Å². The van der Waals surface area contributed by atoms with Gasteiger partial charge in [0.2, 0.25) is 5.75 Å². The molecule has 0 fully saturated rings. The number of phenolic OH excluding ortho intramolecular Hbond substituents is 1. The van der Waals surface area contributed by atoms with Gasteiger partial charge in [-0.15, -0.1) is 0 Å². The van der Waals surface area contributed by atoms with Gasteiger partial charge in [0.1, 0.15) is 0 Å². The molecule has 0 amide bonds. The van der Waals surface area contributed by atoms with Crippen molar-refractivity contribution in [2.24, 2.45) is 11.8 Å². The van der Waals surface area contributed by atoms with Gasteiger partial charge < -0.3 is 35.0 Å². The van der Waals surface area contributed by atoms with Crippen LogP contribution in [0.25, 0.3) is 0 Å². The van der Waals surface area contributed by atoms with Crippen molar-refractivity contribution in [2.45, 2.75) is 6.10 Å². The van der Waals surface area contributed by atoms with Crippen LogP contribution in [0.4, 0.5) is 0 Å². The molecule has 2 atom stereocenters. The van der Waals surface area contributed by atoms with E-state index in [0.717, 1.165) is 6.07 Å². The molecule has 0 aliphatic heterocycles. The molecule has 0 heterocycles. The zero-order chi connectivity index (χ0) is 16.9. The van der Waals surface area contributed by atoms with Gasteiger partial charge in [0.25, 0.3) is 0 Å². The topological polar surface area (TPSA) is 137 Å². The number of aliphatic hydroxyl groups excluding tert-OH is 3. The van der Waals surface area contributed by atoms with Crippen LogP contribution in [-0.2, 0) is 4.79 Å². The molecule has 5 N–H and O–H groups in total. The van der Waals surface area contributed by atoms with Gasteiger partial charge in [0, 0.05) is 19.1 Å². The van der Waals surface area contributed by atoms with E-state index in [-0.39, 0.29) is 22.8 Å². The normalized spacial score (nSPS) is 13.7. The Balaban J connectivity index is 3.27. The van der Waals surface area contributed by atoms with Crippen LogP contribution in [-0.4, -0.2) is 58.9 Å². The molecule has 0 bridgehead atoms. The standard InChI is InChI=1S/C14H20O8/c1-21-10-4-7(3-9(17)13(10)22-2)12(18)11(14(19)20)8(5-15)6-16/h3-4,8,11-12,15-18H,5-6H2,1-2H3,(H,19,20). The number of aliphatic hydroxyl groups is 3. The lowest BCUT2D eigenvalue weighted by Crippen LogP contribution is -2.34. The molecule has 22 heavy (non-hydrogen) atoms. The van der Waals surface area contributed by atoms with Crippen molar-refractivity contribution in [3.8, 4) is 17.2 Å². The lowest BCUT2D eigenvalue weighted by atomic mass is 9.85. The first-order valence-electron chi connectivity index (χ1n) is 6.48. The first-order valence-corrected chi connectivity index (χ1v) is 6.48. The van der Waals surface area contributed by atoms with E-state index in [2.05, 4.69) is 0 Å². The molecule has 8 heteroatoms.